The highest BCUT2D eigenvalue weighted by molar-refractivity contribution is 6.00. The van der Waals surface area contributed by atoms with Crippen molar-refractivity contribution in [2.75, 3.05) is 39.3 Å². The average molecular weight is 665 g/mol. The Hall–Kier alpha value is -5.01. The number of piperidine rings is 1. The number of ether oxygens (including phenoxy) is 3. The minimum Gasteiger partial charge on any atom is -0.494 e. The number of fused-ring (bicyclic) bond motifs is 4. The molecule has 2 aliphatic carbocycles. The van der Waals surface area contributed by atoms with Crippen molar-refractivity contribution in [3.8, 4) is 28.5 Å². The third-order valence-corrected chi connectivity index (χ3v) is 10.2. The van der Waals surface area contributed by atoms with E-state index in [1.54, 1.807) is 26.5 Å². The number of likely N-dealkylation sites (tertiary alicyclic amines) is 1. The topological polar surface area (TPSA) is 152 Å². The molecule has 13 nitrogen and oxygen atoms in total. The van der Waals surface area contributed by atoms with Gasteiger partial charge in [0.25, 0.3) is 5.91 Å². The first-order valence-electron chi connectivity index (χ1n) is 16.8. The maximum absolute atomic E-state index is 13.8. The number of aromatic nitrogens is 5. The number of benzene rings is 1. The molecule has 2 saturated carbocycles. The fourth-order valence-electron chi connectivity index (χ4n) is 7.46. The number of pyridine rings is 2. The average Bonchev–Trinajstić information content (AvgIpc) is 3.51. The minimum atomic E-state index is -0.590. The Morgan fingerprint density at radius 2 is 1.88 bits per heavy atom. The number of anilines is 1. The van der Waals surface area contributed by atoms with Crippen LogP contribution in [0.2, 0.25) is 0 Å². The number of methoxy groups -OCH3 is 2. The molecule has 3 N–H and O–H groups in total. The van der Waals surface area contributed by atoms with Crippen molar-refractivity contribution in [2.45, 2.75) is 44.3 Å². The van der Waals surface area contributed by atoms with Gasteiger partial charge in [-0.25, -0.2) is 19.7 Å². The van der Waals surface area contributed by atoms with Gasteiger partial charge in [-0.3, -0.25) is 10.1 Å². The van der Waals surface area contributed by atoms with Crippen molar-refractivity contribution < 1.29 is 23.8 Å². The number of hydrogen-bond acceptors (Lipinski definition) is 9. The number of nitrogens with zero attached hydrogens (tertiary/aromatic N) is 6. The van der Waals surface area contributed by atoms with Crippen molar-refractivity contribution in [2.24, 2.45) is 24.6 Å². The van der Waals surface area contributed by atoms with E-state index in [2.05, 4.69) is 27.0 Å². The van der Waals surface area contributed by atoms with E-state index >= 15 is 0 Å². The Morgan fingerprint density at radius 3 is 2.57 bits per heavy atom. The quantitative estimate of drug-likeness (QED) is 0.200. The number of nitrogens with two attached hydrogens (primary N) is 1. The van der Waals surface area contributed by atoms with Gasteiger partial charge in [0.1, 0.15) is 29.3 Å². The summed E-state index contributed by atoms with van der Waals surface area (Å²) in [4.78, 5) is 42.3. The molecule has 254 valence electrons. The second-order valence-corrected chi connectivity index (χ2v) is 13.4. The lowest BCUT2D eigenvalue weighted by Crippen LogP contribution is -2.41. The zero-order chi connectivity index (χ0) is 33.8. The summed E-state index contributed by atoms with van der Waals surface area (Å²) >= 11 is 0. The van der Waals surface area contributed by atoms with Gasteiger partial charge in [0, 0.05) is 62.0 Å². The second kappa shape index (κ2) is 12.5. The summed E-state index contributed by atoms with van der Waals surface area (Å²) in [7, 11) is 5.16. The first-order chi connectivity index (χ1) is 23.8. The standard InChI is InChI=1S/C36H40N8O5/c1-42-32-26(14-24(16-29(32)48-3)35(45)44-19-23-7-10-27(44)31(23)37)40-34(42)28-15-21-6-9-25(39-33(21)43(28)18-20-4-5-20)22-8-11-30(38-17-22)41-36(46)49-13-12-47-2/h6,8-9,11,14-17,20,23,27,31H,4-5,7,10,12-13,18-19,37H2,1-3H3,(H,38,41,46). The first-order valence-corrected chi connectivity index (χ1v) is 16.8. The highest BCUT2D eigenvalue weighted by Crippen LogP contribution is 2.40. The van der Waals surface area contributed by atoms with E-state index in [0.29, 0.717) is 47.6 Å². The summed E-state index contributed by atoms with van der Waals surface area (Å²) in [5.41, 5.74) is 11.9. The monoisotopic (exact) mass is 664 g/mol. The highest BCUT2D eigenvalue weighted by Gasteiger charge is 2.47. The third kappa shape index (κ3) is 5.66. The van der Waals surface area contributed by atoms with Gasteiger partial charge in [0.15, 0.2) is 5.82 Å². The van der Waals surface area contributed by atoms with Gasteiger partial charge in [0.05, 0.1) is 30.6 Å². The maximum Gasteiger partial charge on any atom is 0.412 e. The molecule has 1 aromatic carbocycles. The van der Waals surface area contributed by atoms with E-state index in [9.17, 15) is 9.59 Å². The van der Waals surface area contributed by atoms with Gasteiger partial charge in [-0.2, -0.15) is 0 Å². The van der Waals surface area contributed by atoms with Crippen LogP contribution in [0.4, 0.5) is 10.6 Å². The van der Waals surface area contributed by atoms with Crippen molar-refractivity contribution >= 4 is 39.9 Å². The Bertz CT molecular complexity index is 2070. The van der Waals surface area contributed by atoms with Crippen molar-refractivity contribution in [1.82, 2.24) is 29.0 Å². The molecule has 2 bridgehead atoms. The molecule has 5 aromatic rings. The molecule has 3 unspecified atom stereocenters. The summed E-state index contributed by atoms with van der Waals surface area (Å²) in [6.45, 7) is 2.00. The Labute approximate surface area is 283 Å². The van der Waals surface area contributed by atoms with Gasteiger partial charge in [-0.15, -0.1) is 0 Å². The number of amides is 2. The molecule has 1 aliphatic heterocycles. The molecule has 3 aliphatic rings. The van der Waals surface area contributed by atoms with Gasteiger partial charge < -0.3 is 34.0 Å². The zero-order valence-electron chi connectivity index (χ0n) is 27.9. The summed E-state index contributed by atoms with van der Waals surface area (Å²) in [6, 6.07) is 13.6. The zero-order valence-corrected chi connectivity index (χ0v) is 27.9. The van der Waals surface area contributed by atoms with E-state index in [1.807, 2.05) is 40.8 Å². The van der Waals surface area contributed by atoms with Gasteiger partial charge in [-0.1, -0.05) is 0 Å². The fraction of sp³-hybridized carbons (Fsp3) is 0.417. The molecule has 4 aromatic heterocycles. The summed E-state index contributed by atoms with van der Waals surface area (Å²) in [5.74, 6) is 2.69. The molecule has 8 rings (SSSR count). The summed E-state index contributed by atoms with van der Waals surface area (Å²) < 4.78 is 20.1. The normalized spacial score (nSPS) is 20.0. The van der Waals surface area contributed by atoms with Crippen LogP contribution in [0.3, 0.4) is 0 Å². The van der Waals surface area contributed by atoms with Crippen LogP contribution in [0.25, 0.3) is 44.8 Å². The minimum absolute atomic E-state index is 0.0186. The SMILES string of the molecule is COCCOC(=O)Nc1ccc(-c2ccc3cc(-c4nc5cc(C(=O)N6CC7CCC6C7N)cc(OC)c5n4C)n(CC4CC4)c3n2)cn1. The van der Waals surface area contributed by atoms with Crippen LogP contribution in [0, 0.1) is 11.8 Å². The predicted octanol–water partition coefficient (Wildman–Crippen LogP) is 4.83. The number of aryl methyl sites for hydroxylation is 1. The Balaban J connectivity index is 1.13. The van der Waals surface area contributed by atoms with Crippen LogP contribution >= 0.6 is 0 Å². The molecule has 1 saturated heterocycles. The smallest absolute Gasteiger partial charge is 0.412 e. The molecule has 3 fully saturated rings. The van der Waals surface area contributed by atoms with Crippen LogP contribution in [0.1, 0.15) is 36.0 Å². The molecule has 2 amide bonds. The van der Waals surface area contributed by atoms with Crippen molar-refractivity contribution in [3.63, 3.8) is 0 Å². The molecule has 0 radical (unpaired) electrons. The number of rotatable bonds is 10. The molecule has 13 heteroatoms. The lowest BCUT2D eigenvalue weighted by Gasteiger charge is -2.27. The molecule has 5 heterocycles. The third-order valence-electron chi connectivity index (χ3n) is 10.2. The lowest BCUT2D eigenvalue weighted by atomic mass is 10.1. The van der Waals surface area contributed by atoms with Crippen LogP contribution in [0.5, 0.6) is 5.75 Å². The Morgan fingerprint density at radius 1 is 1.02 bits per heavy atom. The Kier molecular flexibility index (Phi) is 7.95. The fourth-order valence-corrected chi connectivity index (χ4v) is 7.46. The van der Waals surface area contributed by atoms with E-state index in [1.165, 1.54) is 12.8 Å². The molecule has 49 heavy (non-hydrogen) atoms. The van der Waals surface area contributed by atoms with Crippen LogP contribution in [0.15, 0.2) is 48.7 Å². The first kappa shape index (κ1) is 31.3. The molecule has 3 atom stereocenters. The van der Waals surface area contributed by atoms with Gasteiger partial charge in [0.2, 0.25) is 0 Å². The number of carbonyl (C=O) groups excluding carboxylic acids is 2. The highest BCUT2D eigenvalue weighted by atomic mass is 16.6. The summed E-state index contributed by atoms with van der Waals surface area (Å²) in [5, 5.41) is 3.63. The van der Waals surface area contributed by atoms with E-state index in [-0.39, 0.29) is 24.6 Å². The van der Waals surface area contributed by atoms with E-state index in [4.69, 9.17) is 29.9 Å². The molecule has 0 spiro atoms. The van der Waals surface area contributed by atoms with Crippen LogP contribution < -0.4 is 15.8 Å². The molecular weight excluding hydrogens is 624 g/mol. The van der Waals surface area contributed by atoms with Gasteiger partial charge in [-0.05, 0) is 80.0 Å². The number of carbonyl (C=O) groups is 2. The van der Waals surface area contributed by atoms with E-state index in [0.717, 1.165) is 58.7 Å². The second-order valence-electron chi connectivity index (χ2n) is 13.4. The number of nitrogens with one attached hydrogen (secondary N) is 1. The van der Waals surface area contributed by atoms with E-state index < -0.39 is 6.09 Å². The maximum atomic E-state index is 13.8. The van der Waals surface area contributed by atoms with Crippen LogP contribution in [-0.4, -0.2) is 87.0 Å². The van der Waals surface area contributed by atoms with Crippen molar-refractivity contribution in [3.05, 3.63) is 54.2 Å². The largest absolute Gasteiger partial charge is 0.494 e. The lowest BCUT2D eigenvalue weighted by molar-refractivity contribution is 0.0700. The number of imidazole rings is 1. The summed E-state index contributed by atoms with van der Waals surface area (Å²) in [6.07, 6.45) is 5.49. The predicted molar refractivity (Wildman–Crippen MR) is 184 cm³/mol. The van der Waals surface area contributed by atoms with Crippen LogP contribution in [-0.2, 0) is 23.1 Å². The van der Waals surface area contributed by atoms with Gasteiger partial charge >= 0.3 is 6.09 Å². The van der Waals surface area contributed by atoms with Crippen molar-refractivity contribution in [1.29, 1.82) is 0 Å². The number of hydrogen-bond donors (Lipinski definition) is 2. The molecular formula is C36H40N8O5.